The molecule has 0 bridgehead atoms. The molecule has 2 aliphatic rings. The molecule has 184 valence electrons. The van der Waals surface area contributed by atoms with E-state index in [1.807, 2.05) is 18.2 Å². The maximum Gasteiger partial charge on any atom is 0.249 e. The molecule has 2 heterocycles. The number of nitrogens with two attached hydrogens (primary N) is 1. The van der Waals surface area contributed by atoms with Crippen LogP contribution in [0.4, 0.5) is 4.39 Å². The third kappa shape index (κ3) is 4.59. The molecule has 2 saturated heterocycles. The smallest absolute Gasteiger partial charge is 0.249 e. The Bertz CT molecular complexity index is 1300. The second kappa shape index (κ2) is 9.91. The quantitative estimate of drug-likeness (QED) is 0.548. The van der Waals surface area contributed by atoms with Gasteiger partial charge in [-0.2, -0.15) is 0 Å². The molecule has 5 rings (SSSR count). The molecular formula is C28H25FN2O5. The van der Waals surface area contributed by atoms with Crippen LogP contribution in [0.2, 0.25) is 0 Å². The average molecular weight is 489 g/mol. The Morgan fingerprint density at radius 1 is 1.06 bits per heavy atom. The molecule has 7 nitrogen and oxygen atoms in total. The van der Waals surface area contributed by atoms with Crippen LogP contribution in [0.5, 0.6) is 11.5 Å². The zero-order valence-electron chi connectivity index (χ0n) is 19.4. The first-order valence-electron chi connectivity index (χ1n) is 11.8. The lowest BCUT2D eigenvalue weighted by Gasteiger charge is -2.29. The summed E-state index contributed by atoms with van der Waals surface area (Å²) in [7, 11) is 0. The van der Waals surface area contributed by atoms with Gasteiger partial charge in [0.15, 0.2) is 5.78 Å². The average Bonchev–Trinajstić information content (AvgIpc) is 3.47. The van der Waals surface area contributed by atoms with E-state index in [0.29, 0.717) is 35.6 Å². The van der Waals surface area contributed by atoms with Crippen molar-refractivity contribution in [3.05, 3.63) is 95.3 Å². The minimum absolute atomic E-state index is 0.0258. The molecule has 0 aliphatic carbocycles. The summed E-state index contributed by atoms with van der Waals surface area (Å²) in [6.07, 6.45) is 0.368. The molecule has 2 N–H and O–H groups in total. The van der Waals surface area contributed by atoms with Crippen molar-refractivity contribution in [2.45, 2.75) is 30.9 Å². The van der Waals surface area contributed by atoms with Gasteiger partial charge in [0, 0.05) is 17.7 Å². The summed E-state index contributed by atoms with van der Waals surface area (Å²) in [5, 5.41) is 0. The number of amides is 2. The van der Waals surface area contributed by atoms with E-state index in [0.717, 1.165) is 0 Å². The number of carbonyl (C=O) groups is 3. The van der Waals surface area contributed by atoms with E-state index in [1.54, 1.807) is 42.5 Å². The predicted octanol–water partition coefficient (Wildman–Crippen LogP) is 3.61. The Labute approximate surface area is 207 Å². The van der Waals surface area contributed by atoms with Crippen LogP contribution in [-0.2, 0) is 20.7 Å². The number of nitrogens with zero attached hydrogens (tertiary/aromatic N) is 1. The van der Waals surface area contributed by atoms with Gasteiger partial charge in [0.05, 0.1) is 12.0 Å². The summed E-state index contributed by atoms with van der Waals surface area (Å²) in [4.78, 5) is 40.7. The summed E-state index contributed by atoms with van der Waals surface area (Å²) in [6, 6.07) is 19.0. The molecule has 3 aromatic rings. The van der Waals surface area contributed by atoms with E-state index in [-0.39, 0.29) is 36.4 Å². The zero-order chi connectivity index (χ0) is 25.2. The van der Waals surface area contributed by atoms with Crippen molar-refractivity contribution in [3.63, 3.8) is 0 Å². The van der Waals surface area contributed by atoms with Crippen molar-refractivity contribution in [2.75, 3.05) is 13.2 Å². The van der Waals surface area contributed by atoms with Crippen molar-refractivity contribution >= 4 is 17.6 Å². The highest BCUT2D eigenvalue weighted by atomic mass is 19.1. The highest BCUT2D eigenvalue weighted by Gasteiger charge is 2.48. The van der Waals surface area contributed by atoms with Crippen molar-refractivity contribution in [1.29, 1.82) is 0 Å². The number of likely N-dealkylation sites (tertiary alicyclic amines) is 1. The van der Waals surface area contributed by atoms with Crippen molar-refractivity contribution < 1.29 is 28.2 Å². The largest absolute Gasteiger partial charge is 0.457 e. The lowest BCUT2D eigenvalue weighted by Crippen LogP contribution is -2.44. The molecule has 3 unspecified atom stereocenters. The summed E-state index contributed by atoms with van der Waals surface area (Å²) < 4.78 is 25.3. The van der Waals surface area contributed by atoms with E-state index in [4.69, 9.17) is 15.2 Å². The van der Waals surface area contributed by atoms with Gasteiger partial charge in [0.1, 0.15) is 30.0 Å². The first-order valence-corrected chi connectivity index (χ1v) is 11.8. The molecular weight excluding hydrogens is 463 g/mol. The lowest BCUT2D eigenvalue weighted by atomic mass is 9.86. The normalized spacial score (nSPS) is 19.7. The molecule has 0 aromatic heterocycles. The Balaban J connectivity index is 1.61. The molecule has 0 spiro atoms. The molecule has 2 fully saturated rings. The molecule has 0 radical (unpaired) electrons. The summed E-state index contributed by atoms with van der Waals surface area (Å²) in [5.41, 5.74) is 6.91. The number of carbonyl (C=O) groups excluding carboxylic acids is 3. The van der Waals surface area contributed by atoms with E-state index in [1.165, 1.54) is 17.0 Å². The number of ether oxygens (including phenoxy) is 2. The van der Waals surface area contributed by atoms with Gasteiger partial charge in [-0.05, 0) is 54.8 Å². The van der Waals surface area contributed by atoms with Gasteiger partial charge in [0.2, 0.25) is 11.8 Å². The molecule has 3 atom stereocenters. The summed E-state index contributed by atoms with van der Waals surface area (Å²) in [6.45, 7) is 0.329. The zero-order valence-corrected chi connectivity index (χ0v) is 19.4. The van der Waals surface area contributed by atoms with Gasteiger partial charge in [0.25, 0.3) is 0 Å². The number of para-hydroxylation sites is 1. The lowest BCUT2D eigenvalue weighted by molar-refractivity contribution is -0.137. The highest BCUT2D eigenvalue weighted by molar-refractivity contribution is 5.99. The van der Waals surface area contributed by atoms with Crippen LogP contribution >= 0.6 is 0 Å². The van der Waals surface area contributed by atoms with Crippen LogP contribution < -0.4 is 10.5 Å². The Morgan fingerprint density at radius 3 is 2.53 bits per heavy atom. The number of halogens is 1. The minimum atomic E-state index is -0.912. The number of hydrogen-bond donors (Lipinski definition) is 1. The number of Topliss-reactive ketones (excluding diaryl/α,β-unsaturated/α-hetero) is 1. The van der Waals surface area contributed by atoms with Crippen molar-refractivity contribution in [2.24, 2.45) is 5.73 Å². The molecule has 3 aromatic carbocycles. The van der Waals surface area contributed by atoms with E-state index < -0.39 is 23.7 Å². The Kier molecular flexibility index (Phi) is 6.52. The standard InChI is InChI=1S/C28H25FN2O5/c29-18-11-9-17(10-12-18)15-21(28(34)31-14-13-24-26(31)22(32)16-35-24)25-20(27(30)33)7-4-8-23(25)36-19-5-2-1-3-6-19/h1-12,21,24,26H,13-16H2,(H2,30,33). The molecule has 36 heavy (non-hydrogen) atoms. The fraction of sp³-hybridized carbons (Fsp3) is 0.250. The highest BCUT2D eigenvalue weighted by Crippen LogP contribution is 2.39. The Morgan fingerprint density at radius 2 is 1.81 bits per heavy atom. The molecule has 0 saturated carbocycles. The van der Waals surface area contributed by atoms with Gasteiger partial charge in [-0.25, -0.2) is 4.39 Å². The van der Waals surface area contributed by atoms with Crippen LogP contribution in [0.1, 0.15) is 33.8 Å². The van der Waals surface area contributed by atoms with Crippen LogP contribution in [-0.4, -0.2) is 47.8 Å². The van der Waals surface area contributed by atoms with Crippen molar-refractivity contribution in [1.82, 2.24) is 4.90 Å². The van der Waals surface area contributed by atoms with Gasteiger partial charge in [-0.3, -0.25) is 14.4 Å². The fourth-order valence-electron chi connectivity index (χ4n) is 5.03. The fourth-order valence-corrected chi connectivity index (χ4v) is 5.03. The third-order valence-corrected chi connectivity index (χ3v) is 6.70. The maximum absolute atomic E-state index is 14.1. The first-order chi connectivity index (χ1) is 17.4. The first kappa shape index (κ1) is 23.7. The van der Waals surface area contributed by atoms with Gasteiger partial charge in [-0.1, -0.05) is 36.4 Å². The third-order valence-electron chi connectivity index (χ3n) is 6.70. The van der Waals surface area contributed by atoms with Crippen LogP contribution in [0.3, 0.4) is 0 Å². The maximum atomic E-state index is 14.1. The van der Waals surface area contributed by atoms with E-state index in [9.17, 15) is 18.8 Å². The number of benzene rings is 3. The number of primary amides is 1. The summed E-state index contributed by atoms with van der Waals surface area (Å²) >= 11 is 0. The second-order valence-electron chi connectivity index (χ2n) is 8.96. The van der Waals surface area contributed by atoms with Crippen LogP contribution in [0.25, 0.3) is 0 Å². The SMILES string of the molecule is NC(=O)c1cccc(Oc2ccccc2)c1C(Cc1ccc(F)cc1)C(=O)N1CCC2OCC(=O)C21. The van der Waals surface area contributed by atoms with E-state index >= 15 is 0 Å². The van der Waals surface area contributed by atoms with Gasteiger partial charge < -0.3 is 20.1 Å². The summed E-state index contributed by atoms with van der Waals surface area (Å²) in [5.74, 6) is -1.67. The van der Waals surface area contributed by atoms with Crippen molar-refractivity contribution in [3.8, 4) is 11.5 Å². The topological polar surface area (TPSA) is 98.9 Å². The Hall–Kier alpha value is -4.04. The number of fused-ring (bicyclic) bond motifs is 1. The molecule has 2 aliphatic heterocycles. The number of ketones is 1. The van der Waals surface area contributed by atoms with Gasteiger partial charge >= 0.3 is 0 Å². The number of rotatable bonds is 7. The predicted molar refractivity (Wildman–Crippen MR) is 129 cm³/mol. The number of hydrogen-bond acceptors (Lipinski definition) is 5. The molecule has 2 amide bonds. The van der Waals surface area contributed by atoms with Crippen LogP contribution in [0, 0.1) is 5.82 Å². The minimum Gasteiger partial charge on any atom is -0.457 e. The monoisotopic (exact) mass is 488 g/mol. The second-order valence-corrected chi connectivity index (χ2v) is 8.96. The van der Waals surface area contributed by atoms with E-state index in [2.05, 4.69) is 0 Å². The van der Waals surface area contributed by atoms with Gasteiger partial charge in [-0.15, -0.1) is 0 Å². The van der Waals surface area contributed by atoms with Crippen LogP contribution in [0.15, 0.2) is 72.8 Å². The molecule has 8 heteroatoms.